The number of amides is 1. The number of hydrogen-bond acceptors (Lipinski definition) is 4. The number of rotatable bonds is 2. The van der Waals surface area contributed by atoms with Crippen LogP contribution in [0, 0.1) is 5.92 Å². The number of para-hydroxylation sites is 2. The van der Waals surface area contributed by atoms with Crippen molar-refractivity contribution in [2.45, 2.75) is 31.9 Å². The van der Waals surface area contributed by atoms with Gasteiger partial charge in [0.15, 0.2) is 0 Å². The summed E-state index contributed by atoms with van der Waals surface area (Å²) in [6.07, 6.45) is 5.21. The van der Waals surface area contributed by atoms with Crippen molar-refractivity contribution in [2.24, 2.45) is 5.92 Å². The fourth-order valence-electron chi connectivity index (χ4n) is 3.24. The van der Waals surface area contributed by atoms with Gasteiger partial charge in [-0.05, 0) is 31.9 Å². The van der Waals surface area contributed by atoms with Gasteiger partial charge in [-0.3, -0.25) is 4.79 Å². The van der Waals surface area contributed by atoms with E-state index in [4.69, 9.17) is 4.74 Å². The van der Waals surface area contributed by atoms with Crippen molar-refractivity contribution >= 4 is 11.6 Å². The van der Waals surface area contributed by atoms with E-state index in [-0.39, 0.29) is 17.9 Å². The number of ether oxygens (including phenoxy) is 1. The molecule has 1 saturated carbocycles. The van der Waals surface area contributed by atoms with Gasteiger partial charge in [0.1, 0.15) is 11.9 Å². The molecule has 1 aromatic heterocycles. The van der Waals surface area contributed by atoms with Crippen LogP contribution in [0.25, 0.3) is 0 Å². The summed E-state index contributed by atoms with van der Waals surface area (Å²) in [5.74, 6) is 1.05. The number of aromatic nitrogens is 3. The second kappa shape index (κ2) is 5.12. The molecule has 2 aromatic rings. The Bertz CT molecular complexity index is 679. The number of hydrogen-bond donors (Lipinski definition) is 0. The summed E-state index contributed by atoms with van der Waals surface area (Å²) in [4.78, 5) is 14.7. The van der Waals surface area contributed by atoms with Crippen LogP contribution in [0.4, 0.5) is 5.69 Å². The minimum absolute atomic E-state index is 0.0186. The van der Waals surface area contributed by atoms with Gasteiger partial charge in [-0.15, -0.1) is 5.10 Å². The van der Waals surface area contributed by atoms with Gasteiger partial charge in [0, 0.05) is 12.1 Å². The Kier molecular flexibility index (Phi) is 3.10. The minimum Gasteiger partial charge on any atom is -0.487 e. The fraction of sp³-hybridized carbons (Fsp3) is 0.438. The first-order chi connectivity index (χ1) is 10.7. The highest BCUT2D eigenvalue weighted by atomic mass is 16.5. The Morgan fingerprint density at radius 2 is 2.14 bits per heavy atom. The van der Waals surface area contributed by atoms with E-state index < -0.39 is 0 Å². The molecule has 2 aliphatic rings. The average Bonchev–Trinajstić information content (AvgIpc) is 2.98. The van der Waals surface area contributed by atoms with Gasteiger partial charge in [0.05, 0.1) is 24.5 Å². The number of carbonyl (C=O) groups excluding carboxylic acids is 1. The molecule has 4 rings (SSSR count). The minimum atomic E-state index is 0.0186. The quantitative estimate of drug-likeness (QED) is 0.851. The molecule has 1 aromatic carbocycles. The summed E-state index contributed by atoms with van der Waals surface area (Å²) in [5.41, 5.74) is 0.884. The molecule has 2 heterocycles. The van der Waals surface area contributed by atoms with E-state index in [0.29, 0.717) is 12.6 Å². The second-order valence-corrected chi connectivity index (χ2v) is 6.05. The second-order valence-electron chi connectivity index (χ2n) is 6.05. The Balaban J connectivity index is 1.50. The first-order valence-electron chi connectivity index (χ1n) is 7.65. The molecule has 1 aliphatic heterocycles. The zero-order valence-corrected chi connectivity index (χ0v) is 12.4. The van der Waals surface area contributed by atoms with Gasteiger partial charge in [0.2, 0.25) is 5.91 Å². The number of nitrogens with zero attached hydrogens (tertiary/aromatic N) is 4. The van der Waals surface area contributed by atoms with E-state index in [1.807, 2.05) is 47.0 Å². The van der Waals surface area contributed by atoms with Crippen LogP contribution in [-0.4, -0.2) is 33.5 Å². The third-order valence-corrected chi connectivity index (χ3v) is 4.47. The van der Waals surface area contributed by atoms with E-state index in [0.717, 1.165) is 24.3 Å². The number of benzene rings is 1. The maximum atomic E-state index is 12.8. The Morgan fingerprint density at radius 3 is 2.91 bits per heavy atom. The first kappa shape index (κ1) is 13.3. The van der Waals surface area contributed by atoms with Crippen LogP contribution in [0.1, 0.15) is 25.8 Å². The van der Waals surface area contributed by atoms with Crippen molar-refractivity contribution in [3.8, 4) is 5.75 Å². The maximum Gasteiger partial charge on any atom is 0.230 e. The molecule has 1 aliphatic carbocycles. The molecule has 0 saturated heterocycles. The van der Waals surface area contributed by atoms with Crippen LogP contribution in [0.15, 0.2) is 36.7 Å². The molecule has 1 amide bonds. The molecular formula is C16H18N4O2. The van der Waals surface area contributed by atoms with Crippen molar-refractivity contribution < 1.29 is 9.53 Å². The van der Waals surface area contributed by atoms with E-state index >= 15 is 0 Å². The average molecular weight is 298 g/mol. The predicted molar refractivity (Wildman–Crippen MR) is 80.7 cm³/mol. The number of anilines is 1. The monoisotopic (exact) mass is 298 g/mol. The van der Waals surface area contributed by atoms with E-state index in [1.54, 1.807) is 6.20 Å². The van der Waals surface area contributed by atoms with Gasteiger partial charge >= 0.3 is 0 Å². The number of carbonyl (C=O) groups is 1. The summed E-state index contributed by atoms with van der Waals surface area (Å²) in [6.45, 7) is 2.61. The highest BCUT2D eigenvalue weighted by Crippen LogP contribution is 2.41. The lowest BCUT2D eigenvalue weighted by molar-refractivity contribution is -0.126. The third kappa shape index (κ3) is 2.15. The molecule has 1 unspecified atom stereocenters. The van der Waals surface area contributed by atoms with Gasteiger partial charge in [-0.2, -0.15) is 0 Å². The van der Waals surface area contributed by atoms with Gasteiger partial charge in [-0.25, -0.2) is 4.68 Å². The molecule has 22 heavy (non-hydrogen) atoms. The summed E-state index contributed by atoms with van der Waals surface area (Å²) < 4.78 is 7.65. The van der Waals surface area contributed by atoms with Gasteiger partial charge in [-0.1, -0.05) is 17.3 Å². The van der Waals surface area contributed by atoms with Crippen LogP contribution in [0.3, 0.4) is 0 Å². The van der Waals surface area contributed by atoms with Crippen LogP contribution < -0.4 is 9.64 Å². The molecule has 114 valence electrons. The molecule has 0 radical (unpaired) electrons. The lowest BCUT2D eigenvalue weighted by atomic mass is 9.79. The third-order valence-electron chi connectivity index (χ3n) is 4.47. The molecule has 1 atom stereocenters. The van der Waals surface area contributed by atoms with Crippen molar-refractivity contribution in [1.82, 2.24) is 15.0 Å². The summed E-state index contributed by atoms with van der Waals surface area (Å²) in [6, 6.07) is 8.04. The van der Waals surface area contributed by atoms with Gasteiger partial charge < -0.3 is 9.64 Å². The highest BCUT2D eigenvalue weighted by Gasteiger charge is 2.40. The molecule has 0 spiro atoms. The smallest absolute Gasteiger partial charge is 0.230 e. The first-order valence-corrected chi connectivity index (χ1v) is 7.65. The topological polar surface area (TPSA) is 60.2 Å². The lowest BCUT2D eigenvalue weighted by Crippen LogP contribution is -2.48. The lowest BCUT2D eigenvalue weighted by Gasteiger charge is -2.40. The molecule has 1 fully saturated rings. The van der Waals surface area contributed by atoms with Crippen molar-refractivity contribution in [3.63, 3.8) is 0 Å². The Labute approximate surface area is 128 Å². The van der Waals surface area contributed by atoms with Crippen molar-refractivity contribution in [2.75, 3.05) is 11.4 Å². The Hall–Kier alpha value is -2.37. The van der Waals surface area contributed by atoms with Crippen LogP contribution >= 0.6 is 0 Å². The summed E-state index contributed by atoms with van der Waals surface area (Å²) in [7, 11) is 0. The summed E-state index contributed by atoms with van der Waals surface area (Å²) >= 11 is 0. The molecule has 0 N–H and O–H groups in total. The molecular weight excluding hydrogens is 280 g/mol. The predicted octanol–water partition coefficient (Wildman–Crippen LogP) is 2.04. The zero-order chi connectivity index (χ0) is 15.1. The van der Waals surface area contributed by atoms with E-state index in [1.165, 1.54) is 0 Å². The highest BCUT2D eigenvalue weighted by molar-refractivity contribution is 5.97. The van der Waals surface area contributed by atoms with Crippen LogP contribution in [0.2, 0.25) is 0 Å². The van der Waals surface area contributed by atoms with Gasteiger partial charge in [0.25, 0.3) is 0 Å². The van der Waals surface area contributed by atoms with E-state index in [9.17, 15) is 4.79 Å². The van der Waals surface area contributed by atoms with E-state index in [2.05, 4.69) is 10.3 Å². The largest absolute Gasteiger partial charge is 0.487 e. The molecule has 6 nitrogen and oxygen atoms in total. The van der Waals surface area contributed by atoms with Crippen LogP contribution in [0.5, 0.6) is 5.75 Å². The van der Waals surface area contributed by atoms with Crippen LogP contribution in [-0.2, 0) is 4.79 Å². The Morgan fingerprint density at radius 1 is 1.32 bits per heavy atom. The molecule has 6 heteroatoms. The van der Waals surface area contributed by atoms with Crippen molar-refractivity contribution in [3.05, 3.63) is 36.7 Å². The number of fused-ring (bicyclic) bond motifs is 1. The molecule has 0 bridgehead atoms. The summed E-state index contributed by atoms with van der Waals surface area (Å²) in [5, 5.41) is 7.84. The normalized spacial score (nSPS) is 26.8. The standard InChI is InChI=1S/C16H18N4O2/c1-11-10-19(14-4-2-3-5-15(14)22-11)16(21)12-8-13(9-12)20-7-6-17-18-20/h2-7,11-13H,8-10H2,1H3. The zero-order valence-electron chi connectivity index (χ0n) is 12.4. The SMILES string of the molecule is CC1CN(C(=O)C2CC(n3ccnn3)C2)c2ccccc2O1. The maximum absolute atomic E-state index is 12.8. The van der Waals surface area contributed by atoms with Crippen molar-refractivity contribution in [1.29, 1.82) is 0 Å². The fourth-order valence-corrected chi connectivity index (χ4v) is 3.24.